The third-order valence-electron chi connectivity index (χ3n) is 3.71. The molecular weight excluding hydrogens is 352 g/mol. The molecular formula is C18H18F4N2O2. The van der Waals surface area contributed by atoms with Gasteiger partial charge in [0.25, 0.3) is 5.91 Å². The van der Waals surface area contributed by atoms with Crippen molar-refractivity contribution < 1.29 is 27.1 Å². The van der Waals surface area contributed by atoms with Gasteiger partial charge in [-0.25, -0.2) is 4.39 Å². The third kappa shape index (κ3) is 5.26. The SMILES string of the molecule is COCCCN(Cc1ccncc1)C(=O)c1ccc(F)c(C(F)(F)F)c1. The van der Waals surface area contributed by atoms with E-state index in [2.05, 4.69) is 4.98 Å². The van der Waals surface area contributed by atoms with Crippen LogP contribution in [-0.4, -0.2) is 36.1 Å². The van der Waals surface area contributed by atoms with Crippen molar-refractivity contribution in [3.63, 3.8) is 0 Å². The van der Waals surface area contributed by atoms with Crippen LogP contribution in [-0.2, 0) is 17.5 Å². The number of methoxy groups -OCH3 is 1. The minimum absolute atomic E-state index is 0.198. The van der Waals surface area contributed by atoms with E-state index in [9.17, 15) is 22.4 Å². The van der Waals surface area contributed by atoms with Crippen LogP contribution in [0.1, 0.15) is 27.9 Å². The fraction of sp³-hybridized carbons (Fsp3) is 0.333. The van der Waals surface area contributed by atoms with Gasteiger partial charge in [0.05, 0.1) is 5.56 Å². The van der Waals surface area contributed by atoms with Crippen molar-refractivity contribution in [3.8, 4) is 0 Å². The lowest BCUT2D eigenvalue weighted by Gasteiger charge is -2.23. The number of rotatable bonds is 7. The van der Waals surface area contributed by atoms with Gasteiger partial charge < -0.3 is 9.64 Å². The number of hydrogen-bond acceptors (Lipinski definition) is 3. The normalized spacial score (nSPS) is 11.4. The third-order valence-corrected chi connectivity index (χ3v) is 3.71. The van der Waals surface area contributed by atoms with Gasteiger partial charge in [0, 0.05) is 44.8 Å². The molecule has 1 aromatic carbocycles. The Bertz CT molecular complexity index is 736. The first-order chi connectivity index (χ1) is 12.3. The molecule has 0 unspecified atom stereocenters. The molecule has 0 fully saturated rings. The molecule has 0 aliphatic heterocycles. The Hall–Kier alpha value is -2.48. The Morgan fingerprint density at radius 1 is 1.19 bits per heavy atom. The van der Waals surface area contributed by atoms with Gasteiger partial charge in [-0.2, -0.15) is 13.2 Å². The Labute approximate surface area is 148 Å². The van der Waals surface area contributed by atoms with Crippen LogP contribution >= 0.6 is 0 Å². The molecule has 4 nitrogen and oxygen atoms in total. The zero-order valence-corrected chi connectivity index (χ0v) is 14.1. The highest BCUT2D eigenvalue weighted by Gasteiger charge is 2.35. The van der Waals surface area contributed by atoms with Crippen molar-refractivity contribution in [2.75, 3.05) is 20.3 Å². The minimum atomic E-state index is -4.87. The summed E-state index contributed by atoms with van der Waals surface area (Å²) >= 11 is 0. The molecule has 2 rings (SSSR count). The summed E-state index contributed by atoms with van der Waals surface area (Å²) < 4.78 is 57.1. The van der Waals surface area contributed by atoms with Gasteiger partial charge in [-0.3, -0.25) is 9.78 Å². The van der Waals surface area contributed by atoms with Gasteiger partial charge in [-0.15, -0.1) is 0 Å². The molecule has 0 N–H and O–H groups in total. The van der Waals surface area contributed by atoms with Crippen molar-refractivity contribution in [3.05, 3.63) is 65.2 Å². The monoisotopic (exact) mass is 370 g/mol. The minimum Gasteiger partial charge on any atom is -0.385 e. The van der Waals surface area contributed by atoms with Gasteiger partial charge in [0.2, 0.25) is 0 Å². The highest BCUT2D eigenvalue weighted by molar-refractivity contribution is 5.94. The lowest BCUT2D eigenvalue weighted by atomic mass is 10.1. The number of halogens is 4. The number of ether oxygens (including phenoxy) is 1. The van der Waals surface area contributed by atoms with Crippen molar-refractivity contribution in [2.45, 2.75) is 19.1 Å². The number of aromatic nitrogens is 1. The van der Waals surface area contributed by atoms with Gasteiger partial charge in [0.15, 0.2) is 0 Å². The van der Waals surface area contributed by atoms with E-state index in [1.807, 2.05) is 0 Å². The highest BCUT2D eigenvalue weighted by atomic mass is 19.4. The second-order valence-electron chi connectivity index (χ2n) is 5.62. The summed E-state index contributed by atoms with van der Waals surface area (Å²) in [4.78, 5) is 18.0. The molecule has 0 aliphatic rings. The molecule has 1 amide bonds. The first-order valence-corrected chi connectivity index (χ1v) is 7.87. The van der Waals surface area contributed by atoms with E-state index in [4.69, 9.17) is 4.74 Å². The molecule has 0 saturated heterocycles. The van der Waals surface area contributed by atoms with Crippen LogP contribution in [0.2, 0.25) is 0 Å². The quantitative estimate of drug-likeness (QED) is 0.548. The van der Waals surface area contributed by atoms with Crippen molar-refractivity contribution in [1.82, 2.24) is 9.88 Å². The van der Waals surface area contributed by atoms with Crippen LogP contribution in [0.4, 0.5) is 17.6 Å². The number of carbonyl (C=O) groups excluding carboxylic acids is 1. The van der Waals surface area contributed by atoms with Crippen LogP contribution in [0, 0.1) is 5.82 Å². The molecule has 140 valence electrons. The number of hydrogen-bond donors (Lipinski definition) is 0. The summed E-state index contributed by atoms with van der Waals surface area (Å²) in [5, 5.41) is 0. The fourth-order valence-electron chi connectivity index (χ4n) is 2.42. The number of pyridine rings is 1. The number of benzene rings is 1. The summed E-state index contributed by atoms with van der Waals surface area (Å²) in [6.45, 7) is 0.884. The van der Waals surface area contributed by atoms with E-state index in [1.165, 1.54) is 12.0 Å². The molecule has 0 atom stereocenters. The van der Waals surface area contributed by atoms with Gasteiger partial charge in [-0.05, 0) is 42.3 Å². The van der Waals surface area contributed by atoms with Crippen LogP contribution in [0.3, 0.4) is 0 Å². The molecule has 0 aliphatic carbocycles. The predicted molar refractivity (Wildman–Crippen MR) is 86.9 cm³/mol. The zero-order valence-electron chi connectivity index (χ0n) is 14.1. The maximum absolute atomic E-state index is 13.5. The molecule has 0 bridgehead atoms. The summed E-state index contributed by atoms with van der Waals surface area (Å²) in [7, 11) is 1.52. The van der Waals surface area contributed by atoms with E-state index in [1.54, 1.807) is 24.5 Å². The smallest absolute Gasteiger partial charge is 0.385 e. The Balaban J connectivity index is 2.27. The summed E-state index contributed by atoms with van der Waals surface area (Å²) in [5.74, 6) is -2.02. The Morgan fingerprint density at radius 2 is 1.88 bits per heavy atom. The molecule has 0 saturated carbocycles. The van der Waals surface area contributed by atoms with E-state index in [0.29, 0.717) is 25.2 Å². The lowest BCUT2D eigenvalue weighted by molar-refractivity contribution is -0.140. The summed E-state index contributed by atoms with van der Waals surface area (Å²) in [6, 6.07) is 5.69. The number of carbonyl (C=O) groups is 1. The lowest BCUT2D eigenvalue weighted by Crippen LogP contribution is -2.32. The molecule has 1 aromatic heterocycles. The van der Waals surface area contributed by atoms with Crippen LogP contribution in [0.5, 0.6) is 0 Å². The zero-order chi connectivity index (χ0) is 19.2. The Kier molecular flexibility index (Phi) is 6.68. The molecule has 8 heteroatoms. The number of nitrogens with zero attached hydrogens (tertiary/aromatic N) is 2. The topological polar surface area (TPSA) is 42.4 Å². The van der Waals surface area contributed by atoms with E-state index < -0.39 is 23.5 Å². The molecule has 26 heavy (non-hydrogen) atoms. The molecule has 2 aromatic rings. The van der Waals surface area contributed by atoms with Crippen LogP contribution < -0.4 is 0 Å². The average Bonchev–Trinajstić information content (AvgIpc) is 2.61. The van der Waals surface area contributed by atoms with Crippen LogP contribution in [0.25, 0.3) is 0 Å². The fourth-order valence-corrected chi connectivity index (χ4v) is 2.42. The van der Waals surface area contributed by atoms with Gasteiger partial charge in [0.1, 0.15) is 5.82 Å². The average molecular weight is 370 g/mol. The van der Waals surface area contributed by atoms with Crippen LogP contribution in [0.15, 0.2) is 42.7 Å². The molecule has 0 spiro atoms. The highest BCUT2D eigenvalue weighted by Crippen LogP contribution is 2.32. The van der Waals surface area contributed by atoms with E-state index >= 15 is 0 Å². The molecule has 0 radical (unpaired) electrons. The first kappa shape index (κ1) is 19.8. The Morgan fingerprint density at radius 3 is 2.50 bits per heavy atom. The van der Waals surface area contributed by atoms with Crippen molar-refractivity contribution in [2.24, 2.45) is 0 Å². The van der Waals surface area contributed by atoms with Crippen molar-refractivity contribution in [1.29, 1.82) is 0 Å². The first-order valence-electron chi connectivity index (χ1n) is 7.87. The van der Waals surface area contributed by atoms with E-state index in [-0.39, 0.29) is 18.7 Å². The second-order valence-corrected chi connectivity index (χ2v) is 5.62. The second kappa shape index (κ2) is 8.75. The van der Waals surface area contributed by atoms with Crippen molar-refractivity contribution >= 4 is 5.91 Å². The largest absolute Gasteiger partial charge is 0.419 e. The summed E-state index contributed by atoms with van der Waals surface area (Å²) in [6.07, 6.45) is -1.23. The van der Waals surface area contributed by atoms with E-state index in [0.717, 1.165) is 11.6 Å². The standard InChI is InChI=1S/C18H18F4N2O2/c1-26-10-2-9-24(12-13-5-7-23-8-6-13)17(25)14-3-4-16(19)15(11-14)18(20,21)22/h3-8,11H,2,9-10,12H2,1H3. The number of alkyl halides is 3. The summed E-state index contributed by atoms with van der Waals surface area (Å²) in [5.41, 5.74) is -0.891. The molecule has 1 heterocycles. The maximum Gasteiger partial charge on any atom is 0.419 e. The van der Waals surface area contributed by atoms with Gasteiger partial charge >= 0.3 is 6.18 Å². The maximum atomic E-state index is 13.5. The van der Waals surface area contributed by atoms with Gasteiger partial charge in [-0.1, -0.05) is 0 Å². The predicted octanol–water partition coefficient (Wildman–Crippen LogP) is 3.92. The number of amides is 1.